The fourth-order valence-electron chi connectivity index (χ4n) is 1.31. The van der Waals surface area contributed by atoms with Gasteiger partial charge in [-0.3, -0.25) is 4.79 Å². The highest BCUT2D eigenvalue weighted by molar-refractivity contribution is 7.12. The average Bonchev–Trinajstić information content (AvgIpc) is 2.70. The first-order valence-electron chi connectivity index (χ1n) is 4.84. The van der Waals surface area contributed by atoms with Gasteiger partial charge in [-0.25, -0.2) is 4.98 Å². The summed E-state index contributed by atoms with van der Waals surface area (Å²) in [5.74, 6) is -0.189. The Balaban J connectivity index is 2.19. The van der Waals surface area contributed by atoms with Crippen molar-refractivity contribution in [3.05, 3.63) is 39.3 Å². The number of halogens is 1. The Bertz CT molecular complexity index is 568. The molecule has 1 aromatic carbocycles. The summed E-state index contributed by atoms with van der Waals surface area (Å²) >= 11 is 7.17. The topological polar surface area (TPSA) is 68.0 Å². The van der Waals surface area contributed by atoms with E-state index in [9.17, 15) is 4.79 Å². The van der Waals surface area contributed by atoms with Crippen molar-refractivity contribution in [3.63, 3.8) is 0 Å². The van der Waals surface area contributed by atoms with Crippen LogP contribution in [0.25, 0.3) is 0 Å². The van der Waals surface area contributed by atoms with Crippen molar-refractivity contribution in [2.75, 3.05) is 11.1 Å². The number of nitrogens with one attached hydrogen (secondary N) is 1. The number of carbonyl (C=O) groups is 1. The minimum absolute atomic E-state index is 0.189. The molecule has 0 fully saturated rings. The Morgan fingerprint density at radius 1 is 1.53 bits per heavy atom. The normalized spacial score (nSPS) is 10.2. The molecule has 0 spiro atoms. The standard InChI is InChI=1S/C11H10ClN3OS/c1-6-10(17-5-14-6)11(16)15-7-2-3-9(13)8(12)4-7/h2-5H,13H2,1H3,(H,15,16). The molecule has 4 nitrogen and oxygen atoms in total. The van der Waals surface area contributed by atoms with Gasteiger partial charge in [0.2, 0.25) is 0 Å². The largest absolute Gasteiger partial charge is 0.398 e. The van der Waals surface area contributed by atoms with E-state index >= 15 is 0 Å². The molecule has 0 aliphatic rings. The van der Waals surface area contributed by atoms with Crippen LogP contribution in [0.4, 0.5) is 11.4 Å². The molecule has 0 saturated heterocycles. The number of nitrogen functional groups attached to an aromatic ring is 1. The third-order valence-corrected chi connectivity index (χ3v) is 3.46. The van der Waals surface area contributed by atoms with Crippen molar-refractivity contribution < 1.29 is 4.79 Å². The second kappa shape index (κ2) is 4.73. The Morgan fingerprint density at radius 3 is 2.88 bits per heavy atom. The number of carbonyl (C=O) groups excluding carboxylic acids is 1. The number of amides is 1. The molecule has 0 radical (unpaired) electrons. The summed E-state index contributed by atoms with van der Waals surface area (Å²) in [5, 5.41) is 3.16. The van der Waals surface area contributed by atoms with Crippen LogP contribution in [0.1, 0.15) is 15.4 Å². The third kappa shape index (κ3) is 2.57. The lowest BCUT2D eigenvalue weighted by Crippen LogP contribution is -2.11. The van der Waals surface area contributed by atoms with Gasteiger partial charge in [-0.2, -0.15) is 0 Å². The van der Waals surface area contributed by atoms with Crippen molar-refractivity contribution in [3.8, 4) is 0 Å². The summed E-state index contributed by atoms with van der Waals surface area (Å²) in [6, 6.07) is 4.97. The molecule has 2 aromatic rings. The fourth-order valence-corrected chi connectivity index (χ4v) is 2.19. The van der Waals surface area contributed by atoms with E-state index in [1.165, 1.54) is 11.3 Å². The molecule has 0 aliphatic carbocycles. The van der Waals surface area contributed by atoms with Gasteiger partial charge in [-0.05, 0) is 25.1 Å². The Kier molecular flexibility index (Phi) is 3.31. The van der Waals surface area contributed by atoms with Crippen molar-refractivity contribution in [1.82, 2.24) is 4.98 Å². The number of aromatic nitrogens is 1. The first kappa shape index (κ1) is 11.9. The molecule has 0 atom stereocenters. The van der Waals surface area contributed by atoms with E-state index in [0.29, 0.717) is 27.0 Å². The van der Waals surface area contributed by atoms with E-state index in [4.69, 9.17) is 17.3 Å². The maximum absolute atomic E-state index is 11.9. The molecule has 1 heterocycles. The molecule has 0 saturated carbocycles. The molecule has 6 heteroatoms. The maximum atomic E-state index is 11.9. The quantitative estimate of drug-likeness (QED) is 0.822. The first-order chi connectivity index (χ1) is 8.08. The smallest absolute Gasteiger partial charge is 0.267 e. The van der Waals surface area contributed by atoms with Crippen LogP contribution in [0.15, 0.2) is 23.7 Å². The number of hydrogen-bond acceptors (Lipinski definition) is 4. The summed E-state index contributed by atoms with van der Waals surface area (Å²) in [7, 11) is 0. The van der Waals surface area contributed by atoms with Crippen molar-refractivity contribution in [1.29, 1.82) is 0 Å². The van der Waals surface area contributed by atoms with Gasteiger partial charge in [0.25, 0.3) is 5.91 Å². The van der Waals surface area contributed by atoms with E-state index < -0.39 is 0 Å². The van der Waals surface area contributed by atoms with Crippen molar-refractivity contribution in [2.45, 2.75) is 6.92 Å². The van der Waals surface area contributed by atoms with Crippen LogP contribution >= 0.6 is 22.9 Å². The Labute approximate surface area is 107 Å². The number of thiazole rings is 1. The molecular formula is C11H10ClN3OS. The van der Waals surface area contributed by atoms with Gasteiger partial charge in [-0.1, -0.05) is 11.6 Å². The zero-order chi connectivity index (χ0) is 12.4. The minimum atomic E-state index is -0.189. The number of aryl methyl sites for hydroxylation is 1. The summed E-state index contributed by atoms with van der Waals surface area (Å²) in [5.41, 5.74) is 9.04. The monoisotopic (exact) mass is 267 g/mol. The van der Waals surface area contributed by atoms with E-state index in [1.54, 1.807) is 30.6 Å². The van der Waals surface area contributed by atoms with Crippen LogP contribution in [0.5, 0.6) is 0 Å². The lowest BCUT2D eigenvalue weighted by atomic mass is 10.2. The molecule has 0 unspecified atom stereocenters. The van der Waals surface area contributed by atoms with Gasteiger partial charge >= 0.3 is 0 Å². The first-order valence-corrected chi connectivity index (χ1v) is 6.10. The van der Waals surface area contributed by atoms with E-state index in [0.717, 1.165) is 0 Å². The van der Waals surface area contributed by atoms with Gasteiger partial charge in [-0.15, -0.1) is 11.3 Å². The van der Waals surface area contributed by atoms with E-state index in [2.05, 4.69) is 10.3 Å². The Hall–Kier alpha value is -1.59. The molecule has 1 amide bonds. The highest BCUT2D eigenvalue weighted by Crippen LogP contribution is 2.23. The molecule has 1 aromatic heterocycles. The van der Waals surface area contributed by atoms with Crippen LogP contribution in [-0.2, 0) is 0 Å². The highest BCUT2D eigenvalue weighted by atomic mass is 35.5. The van der Waals surface area contributed by atoms with Gasteiger partial charge < -0.3 is 11.1 Å². The van der Waals surface area contributed by atoms with Crippen LogP contribution in [0.3, 0.4) is 0 Å². The second-order valence-electron chi connectivity index (χ2n) is 3.46. The number of anilines is 2. The van der Waals surface area contributed by atoms with Crippen molar-refractivity contribution in [2.24, 2.45) is 0 Å². The number of nitrogens with two attached hydrogens (primary N) is 1. The zero-order valence-electron chi connectivity index (χ0n) is 9.03. The summed E-state index contributed by atoms with van der Waals surface area (Å²) in [4.78, 5) is 16.5. The zero-order valence-corrected chi connectivity index (χ0v) is 10.6. The molecule has 0 bridgehead atoms. The molecule has 3 N–H and O–H groups in total. The van der Waals surface area contributed by atoms with Crippen LogP contribution in [0, 0.1) is 6.92 Å². The second-order valence-corrected chi connectivity index (χ2v) is 4.72. The Morgan fingerprint density at radius 2 is 2.29 bits per heavy atom. The van der Waals surface area contributed by atoms with Gasteiger partial charge in [0.15, 0.2) is 0 Å². The lowest BCUT2D eigenvalue weighted by molar-refractivity contribution is 0.103. The van der Waals surface area contributed by atoms with Gasteiger partial charge in [0, 0.05) is 5.69 Å². The summed E-state index contributed by atoms with van der Waals surface area (Å²) in [6.45, 7) is 1.79. The van der Waals surface area contributed by atoms with Crippen LogP contribution in [-0.4, -0.2) is 10.9 Å². The average molecular weight is 268 g/mol. The van der Waals surface area contributed by atoms with Crippen molar-refractivity contribution >= 4 is 40.2 Å². The SMILES string of the molecule is Cc1ncsc1C(=O)Nc1ccc(N)c(Cl)c1. The highest BCUT2D eigenvalue weighted by Gasteiger charge is 2.12. The molecule has 2 rings (SSSR count). The van der Waals surface area contributed by atoms with E-state index in [-0.39, 0.29) is 5.91 Å². The van der Waals surface area contributed by atoms with E-state index in [1.807, 2.05) is 0 Å². The number of rotatable bonds is 2. The van der Waals surface area contributed by atoms with Gasteiger partial charge in [0.1, 0.15) is 4.88 Å². The number of benzene rings is 1. The fraction of sp³-hybridized carbons (Fsp3) is 0.0909. The molecule has 88 valence electrons. The third-order valence-electron chi connectivity index (χ3n) is 2.21. The number of hydrogen-bond donors (Lipinski definition) is 2. The maximum Gasteiger partial charge on any atom is 0.267 e. The predicted molar refractivity (Wildman–Crippen MR) is 70.7 cm³/mol. The lowest BCUT2D eigenvalue weighted by Gasteiger charge is -2.05. The molecule has 0 aliphatic heterocycles. The van der Waals surface area contributed by atoms with Crippen LogP contribution < -0.4 is 11.1 Å². The van der Waals surface area contributed by atoms with Crippen LogP contribution in [0.2, 0.25) is 5.02 Å². The number of nitrogens with zero attached hydrogens (tertiary/aromatic N) is 1. The molecular weight excluding hydrogens is 258 g/mol. The summed E-state index contributed by atoms with van der Waals surface area (Å²) in [6.07, 6.45) is 0. The minimum Gasteiger partial charge on any atom is -0.398 e. The van der Waals surface area contributed by atoms with Gasteiger partial charge in [0.05, 0.1) is 21.9 Å². The molecule has 17 heavy (non-hydrogen) atoms. The summed E-state index contributed by atoms with van der Waals surface area (Å²) < 4.78 is 0. The predicted octanol–water partition coefficient (Wildman–Crippen LogP) is 2.94.